The Morgan fingerprint density at radius 3 is 2.42 bits per heavy atom. The summed E-state index contributed by atoms with van der Waals surface area (Å²) >= 11 is 12.1. The van der Waals surface area contributed by atoms with Crippen molar-refractivity contribution in [2.45, 2.75) is 13.3 Å². The van der Waals surface area contributed by atoms with Crippen molar-refractivity contribution in [1.29, 1.82) is 0 Å². The number of aromatic nitrogens is 3. The van der Waals surface area contributed by atoms with Crippen LogP contribution in [-0.4, -0.2) is 14.6 Å². The van der Waals surface area contributed by atoms with Crippen LogP contribution in [0.2, 0.25) is 10.0 Å². The molecule has 2 heterocycles. The van der Waals surface area contributed by atoms with Crippen LogP contribution in [0.5, 0.6) is 0 Å². The minimum Gasteiger partial charge on any atom is -0.293 e. The second-order valence-corrected chi connectivity index (χ2v) is 6.92. The number of halogens is 2. The lowest BCUT2D eigenvalue weighted by Crippen LogP contribution is -2.17. The maximum atomic E-state index is 12.6. The second-order valence-electron chi connectivity index (χ2n) is 6.11. The van der Waals surface area contributed by atoms with Gasteiger partial charge < -0.3 is 0 Å². The Morgan fingerprint density at radius 2 is 1.73 bits per heavy atom. The molecule has 0 atom stereocenters. The molecule has 0 amide bonds. The average Bonchev–Trinajstić information content (AvgIpc) is 2.99. The van der Waals surface area contributed by atoms with E-state index in [1.165, 1.54) is 4.52 Å². The van der Waals surface area contributed by atoms with Gasteiger partial charge in [-0.1, -0.05) is 65.7 Å². The Kier molecular flexibility index (Phi) is 4.31. The summed E-state index contributed by atoms with van der Waals surface area (Å²) in [6.45, 7) is 1.74. The van der Waals surface area contributed by atoms with Gasteiger partial charge in [-0.05, 0) is 30.2 Å². The van der Waals surface area contributed by atoms with Crippen molar-refractivity contribution in [3.8, 4) is 11.1 Å². The molecule has 26 heavy (non-hydrogen) atoms. The Morgan fingerprint density at radius 1 is 1.04 bits per heavy atom. The Bertz CT molecular complexity index is 1150. The second kappa shape index (κ2) is 6.63. The predicted molar refractivity (Wildman–Crippen MR) is 105 cm³/mol. The first-order chi connectivity index (χ1) is 12.5. The fourth-order valence-corrected chi connectivity index (χ4v) is 3.30. The maximum Gasteiger partial charge on any atom is 0.291 e. The SMILES string of the molecule is Cc1nc2c(-c3ccc(Cl)cc3)c(Cc3ccccc3)[nH]n2c(=O)c1Cl. The summed E-state index contributed by atoms with van der Waals surface area (Å²) in [5, 5.41) is 3.96. The molecule has 0 saturated carbocycles. The highest BCUT2D eigenvalue weighted by Gasteiger charge is 2.19. The van der Waals surface area contributed by atoms with E-state index < -0.39 is 0 Å². The lowest BCUT2D eigenvalue weighted by atomic mass is 10.0. The van der Waals surface area contributed by atoms with Crippen molar-refractivity contribution < 1.29 is 0 Å². The molecule has 4 aromatic rings. The first-order valence-electron chi connectivity index (χ1n) is 8.14. The van der Waals surface area contributed by atoms with E-state index in [1.54, 1.807) is 6.92 Å². The van der Waals surface area contributed by atoms with Crippen LogP contribution < -0.4 is 5.56 Å². The molecule has 0 fully saturated rings. The summed E-state index contributed by atoms with van der Waals surface area (Å²) in [6, 6.07) is 17.6. The predicted octanol–water partition coefficient (Wildman–Crippen LogP) is 4.90. The Hall–Kier alpha value is -2.56. The number of aryl methyl sites for hydroxylation is 1. The van der Waals surface area contributed by atoms with Crippen LogP contribution in [0.15, 0.2) is 59.4 Å². The zero-order chi connectivity index (χ0) is 18.3. The molecule has 130 valence electrons. The van der Waals surface area contributed by atoms with Crippen molar-refractivity contribution in [3.63, 3.8) is 0 Å². The van der Waals surface area contributed by atoms with Crippen LogP contribution in [0, 0.1) is 6.92 Å². The first-order valence-corrected chi connectivity index (χ1v) is 8.90. The van der Waals surface area contributed by atoms with E-state index in [0.29, 0.717) is 22.8 Å². The van der Waals surface area contributed by atoms with Gasteiger partial charge in [0.1, 0.15) is 5.02 Å². The molecule has 2 aromatic heterocycles. The van der Waals surface area contributed by atoms with E-state index in [-0.39, 0.29) is 10.6 Å². The molecule has 2 aromatic carbocycles. The topological polar surface area (TPSA) is 50.2 Å². The summed E-state index contributed by atoms with van der Waals surface area (Å²) in [5.74, 6) is 0. The van der Waals surface area contributed by atoms with Crippen molar-refractivity contribution >= 4 is 28.8 Å². The number of hydrogen-bond donors (Lipinski definition) is 1. The maximum absolute atomic E-state index is 12.6. The minimum atomic E-state index is -0.302. The van der Waals surface area contributed by atoms with Gasteiger partial charge in [-0.3, -0.25) is 9.89 Å². The normalized spacial score (nSPS) is 11.2. The van der Waals surface area contributed by atoms with E-state index in [0.717, 1.165) is 22.4 Å². The summed E-state index contributed by atoms with van der Waals surface area (Å²) in [6.07, 6.45) is 0.637. The Labute approximate surface area is 160 Å². The minimum absolute atomic E-state index is 0.123. The van der Waals surface area contributed by atoms with Gasteiger partial charge in [0.2, 0.25) is 0 Å². The fourth-order valence-electron chi connectivity index (χ4n) is 3.05. The molecular formula is C20H15Cl2N3O. The van der Waals surface area contributed by atoms with Gasteiger partial charge in [0, 0.05) is 22.7 Å². The smallest absolute Gasteiger partial charge is 0.291 e. The van der Waals surface area contributed by atoms with Gasteiger partial charge in [0.15, 0.2) is 5.65 Å². The number of aromatic amines is 1. The molecule has 4 nitrogen and oxygen atoms in total. The molecule has 0 bridgehead atoms. The molecule has 6 heteroatoms. The number of benzene rings is 2. The largest absolute Gasteiger partial charge is 0.293 e. The number of fused-ring (bicyclic) bond motifs is 1. The van der Waals surface area contributed by atoms with Crippen LogP contribution in [0.25, 0.3) is 16.8 Å². The molecule has 0 aliphatic rings. The number of nitrogens with zero attached hydrogens (tertiary/aromatic N) is 2. The first kappa shape index (κ1) is 16.9. The number of nitrogens with one attached hydrogen (secondary N) is 1. The number of H-pyrrole nitrogens is 1. The van der Waals surface area contributed by atoms with E-state index in [2.05, 4.69) is 10.1 Å². The molecule has 0 aliphatic heterocycles. The molecule has 0 aliphatic carbocycles. The van der Waals surface area contributed by atoms with E-state index in [9.17, 15) is 4.79 Å². The van der Waals surface area contributed by atoms with Crippen LogP contribution in [-0.2, 0) is 6.42 Å². The fraction of sp³-hybridized carbons (Fsp3) is 0.100. The third-order valence-corrected chi connectivity index (χ3v) is 5.01. The van der Waals surface area contributed by atoms with E-state index in [1.807, 2.05) is 54.6 Å². The summed E-state index contributed by atoms with van der Waals surface area (Å²) < 4.78 is 1.41. The van der Waals surface area contributed by atoms with E-state index >= 15 is 0 Å². The van der Waals surface area contributed by atoms with Crippen LogP contribution in [0.1, 0.15) is 17.0 Å². The highest BCUT2D eigenvalue weighted by molar-refractivity contribution is 6.31. The van der Waals surface area contributed by atoms with Crippen LogP contribution in [0.4, 0.5) is 0 Å². The zero-order valence-corrected chi connectivity index (χ0v) is 15.5. The van der Waals surface area contributed by atoms with Crippen molar-refractivity contribution in [2.24, 2.45) is 0 Å². The standard InChI is InChI=1S/C20H15Cl2N3O/c1-12-18(22)20(26)25-19(23-12)17(14-7-9-15(21)10-8-14)16(24-25)11-13-5-3-2-4-6-13/h2-10,24H,11H2,1H3. The monoisotopic (exact) mass is 383 g/mol. The molecular weight excluding hydrogens is 369 g/mol. The van der Waals surface area contributed by atoms with Crippen LogP contribution in [0.3, 0.4) is 0 Å². The highest BCUT2D eigenvalue weighted by atomic mass is 35.5. The lowest BCUT2D eigenvalue weighted by molar-refractivity contribution is 0.859. The Balaban J connectivity index is 2.00. The summed E-state index contributed by atoms with van der Waals surface area (Å²) in [4.78, 5) is 17.2. The summed E-state index contributed by atoms with van der Waals surface area (Å²) in [7, 11) is 0. The van der Waals surface area contributed by atoms with Gasteiger partial charge in [0.05, 0.1) is 5.69 Å². The molecule has 1 N–H and O–H groups in total. The highest BCUT2D eigenvalue weighted by Crippen LogP contribution is 2.30. The quantitative estimate of drug-likeness (QED) is 0.547. The van der Waals surface area contributed by atoms with Crippen molar-refractivity contribution in [1.82, 2.24) is 14.6 Å². The molecule has 4 rings (SSSR count). The third-order valence-electron chi connectivity index (χ3n) is 4.32. The van der Waals surface area contributed by atoms with E-state index in [4.69, 9.17) is 23.2 Å². The molecule has 0 saturated heterocycles. The van der Waals surface area contributed by atoms with Gasteiger partial charge in [0.25, 0.3) is 5.56 Å². The number of hydrogen-bond acceptors (Lipinski definition) is 2. The van der Waals surface area contributed by atoms with Gasteiger partial charge in [-0.25, -0.2) is 4.98 Å². The van der Waals surface area contributed by atoms with Crippen LogP contribution >= 0.6 is 23.2 Å². The zero-order valence-electron chi connectivity index (χ0n) is 14.0. The lowest BCUT2D eigenvalue weighted by Gasteiger charge is -2.05. The van der Waals surface area contributed by atoms with Gasteiger partial charge in [-0.2, -0.15) is 4.52 Å². The molecule has 0 radical (unpaired) electrons. The molecule has 0 unspecified atom stereocenters. The third kappa shape index (κ3) is 2.91. The van der Waals surface area contributed by atoms with Crippen molar-refractivity contribution in [3.05, 3.63) is 91.9 Å². The van der Waals surface area contributed by atoms with Gasteiger partial charge in [-0.15, -0.1) is 0 Å². The average molecular weight is 384 g/mol. The van der Waals surface area contributed by atoms with Gasteiger partial charge >= 0.3 is 0 Å². The molecule has 0 spiro atoms. The number of rotatable bonds is 3. The van der Waals surface area contributed by atoms with Crippen molar-refractivity contribution in [2.75, 3.05) is 0 Å². The summed E-state index contributed by atoms with van der Waals surface area (Å²) in [5.41, 5.74) is 4.61.